The fourth-order valence-corrected chi connectivity index (χ4v) is 1.85. The number of ether oxygens (including phenoxy) is 1. The maximum atomic E-state index is 11.5. The van der Waals surface area contributed by atoms with Crippen molar-refractivity contribution in [1.82, 2.24) is 9.97 Å². The number of hydrogen-bond acceptors (Lipinski definition) is 4. The van der Waals surface area contributed by atoms with Gasteiger partial charge in [-0.1, -0.05) is 30.3 Å². The highest BCUT2D eigenvalue weighted by Gasteiger charge is 2.16. The van der Waals surface area contributed by atoms with Crippen molar-refractivity contribution >= 4 is 33.9 Å². The van der Waals surface area contributed by atoms with E-state index >= 15 is 0 Å². The number of carboxylic acid groups (broad SMARTS) is 1. The number of nitrogens with one attached hydrogen (secondary N) is 2. The van der Waals surface area contributed by atoms with Gasteiger partial charge in [-0.2, -0.15) is 0 Å². The van der Waals surface area contributed by atoms with Gasteiger partial charge in [0.25, 0.3) is 0 Å². The van der Waals surface area contributed by atoms with Crippen molar-refractivity contribution < 1.29 is 19.4 Å². The van der Waals surface area contributed by atoms with Crippen molar-refractivity contribution in [1.29, 1.82) is 0 Å². The zero-order chi connectivity index (χ0) is 14.5. The Hall–Kier alpha value is -2.35. The number of aromatic amines is 1. The topological polar surface area (TPSA) is 104 Å². The molecular formula is C12H10BrN3O4. The third-order valence-corrected chi connectivity index (χ3v) is 2.87. The zero-order valence-corrected chi connectivity index (χ0v) is 11.7. The SMILES string of the molecule is O=C(Nc1nc(C(=O)O)c(Br)[nH]1)OCc1ccccc1. The van der Waals surface area contributed by atoms with Crippen LogP contribution in [-0.4, -0.2) is 27.1 Å². The van der Waals surface area contributed by atoms with Crippen LogP contribution in [-0.2, 0) is 11.3 Å². The van der Waals surface area contributed by atoms with Crippen molar-refractivity contribution in [2.24, 2.45) is 0 Å². The Balaban J connectivity index is 1.92. The third kappa shape index (κ3) is 3.58. The molecule has 1 amide bonds. The molecule has 2 aromatic rings. The van der Waals surface area contributed by atoms with Crippen LogP contribution in [0.3, 0.4) is 0 Å². The summed E-state index contributed by atoms with van der Waals surface area (Å²) < 4.78 is 5.14. The predicted molar refractivity (Wildman–Crippen MR) is 73.5 cm³/mol. The Morgan fingerprint density at radius 2 is 2.05 bits per heavy atom. The Morgan fingerprint density at radius 3 is 2.65 bits per heavy atom. The largest absolute Gasteiger partial charge is 0.476 e. The number of amides is 1. The van der Waals surface area contributed by atoms with Crippen LogP contribution < -0.4 is 5.32 Å². The molecule has 1 aromatic heterocycles. The van der Waals surface area contributed by atoms with Crippen LogP contribution in [0.1, 0.15) is 16.1 Å². The molecule has 0 aliphatic heterocycles. The van der Waals surface area contributed by atoms with Crippen molar-refractivity contribution in [2.75, 3.05) is 5.32 Å². The molecule has 20 heavy (non-hydrogen) atoms. The molecule has 0 aliphatic rings. The maximum absolute atomic E-state index is 11.5. The van der Waals surface area contributed by atoms with Crippen LogP contribution in [0, 0.1) is 0 Å². The number of carbonyl (C=O) groups is 2. The summed E-state index contributed by atoms with van der Waals surface area (Å²) >= 11 is 2.99. The maximum Gasteiger partial charge on any atom is 0.414 e. The lowest BCUT2D eigenvalue weighted by atomic mass is 10.2. The lowest BCUT2D eigenvalue weighted by Gasteiger charge is -2.04. The molecule has 0 fully saturated rings. The van der Waals surface area contributed by atoms with Crippen LogP contribution in [0.4, 0.5) is 10.7 Å². The number of halogens is 1. The van der Waals surface area contributed by atoms with Crippen molar-refractivity contribution in [3.05, 3.63) is 46.2 Å². The molecule has 0 bridgehead atoms. The van der Waals surface area contributed by atoms with Crippen molar-refractivity contribution in [3.8, 4) is 0 Å². The highest BCUT2D eigenvalue weighted by molar-refractivity contribution is 9.10. The summed E-state index contributed by atoms with van der Waals surface area (Å²) in [7, 11) is 0. The second kappa shape index (κ2) is 6.20. The van der Waals surface area contributed by atoms with Gasteiger partial charge in [-0.3, -0.25) is 5.32 Å². The molecule has 0 saturated carbocycles. The second-order valence-corrected chi connectivity index (χ2v) is 4.53. The number of aromatic carboxylic acids is 1. The number of carboxylic acids is 1. The summed E-state index contributed by atoms with van der Waals surface area (Å²) in [4.78, 5) is 28.6. The van der Waals surface area contributed by atoms with Crippen LogP contribution in [0.5, 0.6) is 0 Å². The van der Waals surface area contributed by atoms with Crippen molar-refractivity contribution in [2.45, 2.75) is 6.61 Å². The molecule has 1 aromatic carbocycles. The number of carbonyl (C=O) groups excluding carboxylic acids is 1. The molecule has 8 heteroatoms. The van der Waals surface area contributed by atoms with E-state index in [1.165, 1.54) is 0 Å². The quantitative estimate of drug-likeness (QED) is 0.794. The Bertz CT molecular complexity index is 627. The first-order valence-electron chi connectivity index (χ1n) is 5.53. The lowest BCUT2D eigenvalue weighted by Crippen LogP contribution is -2.14. The third-order valence-electron chi connectivity index (χ3n) is 2.30. The molecule has 0 atom stereocenters. The number of imidazole rings is 1. The van der Waals surface area contributed by atoms with Crippen LogP contribution in [0.15, 0.2) is 34.9 Å². The molecule has 1 heterocycles. The smallest absolute Gasteiger partial charge is 0.414 e. The predicted octanol–water partition coefficient (Wildman–Crippen LogP) is 2.62. The minimum atomic E-state index is -1.21. The fraction of sp³-hybridized carbons (Fsp3) is 0.0833. The van der Waals surface area contributed by atoms with Gasteiger partial charge in [0.1, 0.15) is 11.2 Å². The van der Waals surface area contributed by atoms with Crippen LogP contribution in [0.25, 0.3) is 0 Å². The van der Waals surface area contributed by atoms with E-state index < -0.39 is 12.1 Å². The van der Waals surface area contributed by atoms with Gasteiger partial charge in [-0.25, -0.2) is 14.6 Å². The normalized spacial score (nSPS) is 10.1. The van der Waals surface area contributed by atoms with Crippen LogP contribution >= 0.6 is 15.9 Å². The van der Waals surface area contributed by atoms with E-state index in [4.69, 9.17) is 9.84 Å². The molecule has 104 valence electrons. The average Bonchev–Trinajstić information content (AvgIpc) is 2.78. The van der Waals surface area contributed by atoms with Gasteiger partial charge >= 0.3 is 12.1 Å². The number of nitrogens with zero attached hydrogens (tertiary/aromatic N) is 1. The highest BCUT2D eigenvalue weighted by atomic mass is 79.9. The van der Waals surface area contributed by atoms with E-state index in [1.54, 1.807) is 0 Å². The number of hydrogen-bond donors (Lipinski definition) is 3. The van der Waals surface area contributed by atoms with Gasteiger partial charge in [0.05, 0.1) is 0 Å². The summed E-state index contributed by atoms with van der Waals surface area (Å²) in [6.45, 7) is 0.111. The number of aromatic nitrogens is 2. The molecule has 2 rings (SSSR count). The molecule has 0 saturated heterocycles. The Labute approximate surface area is 122 Å². The summed E-state index contributed by atoms with van der Waals surface area (Å²) in [5, 5.41) is 11.1. The first-order valence-corrected chi connectivity index (χ1v) is 6.32. The van der Waals surface area contributed by atoms with Gasteiger partial charge in [0, 0.05) is 0 Å². The minimum absolute atomic E-state index is 0.00710. The second-order valence-electron chi connectivity index (χ2n) is 3.74. The molecule has 0 unspecified atom stereocenters. The molecule has 0 spiro atoms. The van der Waals surface area contributed by atoms with E-state index in [9.17, 15) is 9.59 Å². The van der Waals surface area contributed by atoms with Gasteiger partial charge in [0.15, 0.2) is 5.69 Å². The van der Waals surface area contributed by atoms with Gasteiger partial charge in [0.2, 0.25) is 5.95 Å². The fourth-order valence-electron chi connectivity index (χ4n) is 1.41. The molecular weight excluding hydrogens is 330 g/mol. The number of anilines is 1. The molecule has 0 radical (unpaired) electrons. The van der Waals surface area contributed by atoms with E-state index in [1.807, 2.05) is 30.3 Å². The van der Waals surface area contributed by atoms with Crippen LogP contribution in [0.2, 0.25) is 0 Å². The van der Waals surface area contributed by atoms with E-state index in [2.05, 4.69) is 31.2 Å². The standard InChI is InChI=1S/C12H10BrN3O4/c13-9-8(10(17)18)14-11(15-9)16-12(19)20-6-7-4-2-1-3-5-7/h1-5H,6H2,(H,17,18)(H2,14,15,16,19). The molecule has 3 N–H and O–H groups in total. The molecule has 7 nitrogen and oxygen atoms in total. The number of rotatable bonds is 4. The van der Waals surface area contributed by atoms with Gasteiger partial charge in [-0.15, -0.1) is 0 Å². The molecule has 0 aliphatic carbocycles. The Morgan fingerprint density at radius 1 is 1.35 bits per heavy atom. The summed E-state index contributed by atoms with van der Waals surface area (Å²) in [6, 6.07) is 9.16. The zero-order valence-electron chi connectivity index (χ0n) is 10.1. The minimum Gasteiger partial charge on any atom is -0.476 e. The lowest BCUT2D eigenvalue weighted by molar-refractivity contribution is 0.0690. The van der Waals surface area contributed by atoms with E-state index in [-0.39, 0.29) is 22.9 Å². The first kappa shape index (κ1) is 14.1. The van der Waals surface area contributed by atoms with E-state index in [0.29, 0.717) is 0 Å². The number of H-pyrrole nitrogens is 1. The average molecular weight is 340 g/mol. The highest BCUT2D eigenvalue weighted by Crippen LogP contribution is 2.16. The van der Waals surface area contributed by atoms with Gasteiger partial charge < -0.3 is 14.8 Å². The van der Waals surface area contributed by atoms with Gasteiger partial charge in [-0.05, 0) is 21.5 Å². The monoisotopic (exact) mass is 339 g/mol. The first-order chi connectivity index (χ1) is 9.56. The summed E-state index contributed by atoms with van der Waals surface area (Å²) in [5.41, 5.74) is 0.623. The van der Waals surface area contributed by atoms with E-state index in [0.717, 1.165) is 5.56 Å². The summed E-state index contributed by atoms with van der Waals surface area (Å²) in [6.07, 6.45) is -0.730. The number of benzene rings is 1. The van der Waals surface area contributed by atoms with Crippen molar-refractivity contribution in [3.63, 3.8) is 0 Å². The Kier molecular flexibility index (Phi) is 4.36. The summed E-state index contributed by atoms with van der Waals surface area (Å²) in [5.74, 6) is -1.22.